The van der Waals surface area contributed by atoms with Crippen LogP contribution in [0, 0.1) is 0 Å². The van der Waals surface area contributed by atoms with Gasteiger partial charge >= 0.3 is 7.82 Å². The van der Waals surface area contributed by atoms with E-state index < -0.39 is 20.0 Å². The lowest BCUT2D eigenvalue weighted by Crippen LogP contribution is -2.45. The summed E-state index contributed by atoms with van der Waals surface area (Å²) in [6, 6.07) is -0.848. The predicted octanol–water partition coefficient (Wildman–Crippen LogP) is 10.1. The van der Waals surface area contributed by atoms with Crippen molar-refractivity contribution in [2.45, 2.75) is 142 Å². The number of allylic oxidation sites excluding steroid dienone is 11. The number of carbonyl (C=O) groups excluding carboxylic acids is 1. The molecule has 0 aromatic carbocycles. The molecule has 3 N–H and O–H groups in total. The minimum atomic E-state index is -4.31. The molecule has 0 rings (SSSR count). The third-order valence-corrected chi connectivity index (χ3v) is 8.90. The molecule has 0 heterocycles. The highest BCUT2D eigenvalue weighted by molar-refractivity contribution is 7.47. The van der Waals surface area contributed by atoms with Crippen LogP contribution in [0.1, 0.15) is 129 Å². The van der Waals surface area contributed by atoms with Crippen molar-refractivity contribution in [3.63, 3.8) is 0 Å². The zero-order valence-corrected chi connectivity index (χ0v) is 33.2. The third kappa shape index (κ3) is 34.4. The monoisotopic (exact) mass is 722 g/mol. The Hall–Kier alpha value is -2.06. The molecule has 0 fully saturated rings. The molecule has 288 valence electrons. The van der Waals surface area contributed by atoms with E-state index in [0.717, 1.165) is 70.6 Å². The number of carbonyl (C=O) groups is 1. The Balaban J connectivity index is 4.03. The molecule has 3 atom stereocenters. The molecule has 0 aliphatic carbocycles. The third-order valence-electron chi connectivity index (χ3n) is 7.91. The first-order chi connectivity index (χ1) is 24.0. The largest absolute Gasteiger partial charge is 0.472 e. The van der Waals surface area contributed by atoms with Gasteiger partial charge in [0.1, 0.15) is 13.2 Å². The van der Waals surface area contributed by atoms with E-state index in [-0.39, 0.29) is 19.1 Å². The Labute approximate surface area is 306 Å². The molecule has 0 aromatic rings. The maximum Gasteiger partial charge on any atom is 0.472 e. The van der Waals surface area contributed by atoms with Crippen molar-refractivity contribution in [1.29, 1.82) is 0 Å². The molecule has 9 heteroatoms. The smallest absolute Gasteiger partial charge is 0.387 e. The van der Waals surface area contributed by atoms with Crippen LogP contribution in [0.4, 0.5) is 0 Å². The Morgan fingerprint density at radius 2 is 1.20 bits per heavy atom. The van der Waals surface area contributed by atoms with Crippen LogP contribution >= 0.6 is 7.82 Å². The summed E-state index contributed by atoms with van der Waals surface area (Å²) < 4.78 is 23.2. The summed E-state index contributed by atoms with van der Waals surface area (Å²) in [6.07, 6.45) is 43.4. The van der Waals surface area contributed by atoms with Gasteiger partial charge in [0.15, 0.2) is 0 Å². The molecule has 0 radical (unpaired) electrons. The normalized spacial score (nSPS) is 15.4. The SMILES string of the molecule is CC/C=C\C/C=C\C/C=C\C/C=C\C/C=C\CCCCCCCCCCCC(=O)NC(COP(=O)(O)OCC[N+](C)(C)C)C(O)/C=C/CCC. The van der Waals surface area contributed by atoms with Gasteiger partial charge in [-0.05, 0) is 57.8 Å². The molecule has 0 bridgehead atoms. The molecular formula is C41H74N2O6P+. The zero-order chi connectivity index (χ0) is 37.2. The van der Waals surface area contributed by atoms with Crippen molar-refractivity contribution in [3.05, 3.63) is 72.9 Å². The van der Waals surface area contributed by atoms with Gasteiger partial charge in [-0.1, -0.05) is 138 Å². The second-order valence-electron chi connectivity index (χ2n) is 13.9. The summed E-state index contributed by atoms with van der Waals surface area (Å²) >= 11 is 0. The summed E-state index contributed by atoms with van der Waals surface area (Å²) in [5.74, 6) is -0.201. The van der Waals surface area contributed by atoms with Crippen LogP contribution in [-0.2, 0) is 18.4 Å². The molecule has 8 nitrogen and oxygen atoms in total. The highest BCUT2D eigenvalue weighted by Crippen LogP contribution is 2.43. The van der Waals surface area contributed by atoms with Gasteiger partial charge in [-0.15, -0.1) is 0 Å². The quantitative estimate of drug-likeness (QED) is 0.0270. The topological polar surface area (TPSA) is 105 Å². The van der Waals surface area contributed by atoms with E-state index in [4.69, 9.17) is 9.05 Å². The summed E-state index contributed by atoms with van der Waals surface area (Å²) in [5.41, 5.74) is 0. The minimum Gasteiger partial charge on any atom is -0.387 e. The number of nitrogens with zero attached hydrogens (tertiary/aromatic N) is 1. The predicted molar refractivity (Wildman–Crippen MR) is 212 cm³/mol. The molecule has 0 saturated heterocycles. The van der Waals surface area contributed by atoms with Gasteiger partial charge in [0.2, 0.25) is 5.91 Å². The number of aliphatic hydroxyl groups is 1. The van der Waals surface area contributed by atoms with Gasteiger partial charge in [0.05, 0.1) is 39.9 Å². The molecule has 0 spiro atoms. The number of amides is 1. The standard InChI is InChI=1S/C41H73N2O6P/c1-6-8-10-11-12-13-14-15-16-17-18-19-20-21-22-23-24-25-26-27-28-29-30-31-33-35-41(45)42-39(40(44)34-32-9-7-2)38-49-50(46,47)48-37-36-43(3,4)5/h8,10,12-13,15-16,18-19,21-22,32,34,39-40,44H,6-7,9,11,14,17,20,23-31,33,35-38H2,1-5H3,(H-,42,45,46,47)/p+1/b10-8-,13-12-,16-15-,19-18-,22-21-,34-32+. The number of likely N-dealkylation sites (N-methyl/N-ethyl adjacent to an activating group) is 1. The van der Waals surface area contributed by atoms with E-state index in [0.29, 0.717) is 17.4 Å². The van der Waals surface area contributed by atoms with Gasteiger partial charge in [0.25, 0.3) is 0 Å². The number of aliphatic hydroxyl groups excluding tert-OH is 1. The number of nitrogens with one attached hydrogen (secondary N) is 1. The van der Waals surface area contributed by atoms with Crippen LogP contribution in [0.2, 0.25) is 0 Å². The average molecular weight is 722 g/mol. The zero-order valence-electron chi connectivity index (χ0n) is 32.4. The van der Waals surface area contributed by atoms with Crippen molar-refractivity contribution in [3.8, 4) is 0 Å². The van der Waals surface area contributed by atoms with Crippen molar-refractivity contribution >= 4 is 13.7 Å². The van der Waals surface area contributed by atoms with Gasteiger partial charge in [-0.25, -0.2) is 4.57 Å². The van der Waals surface area contributed by atoms with E-state index in [2.05, 4.69) is 73.0 Å². The number of quaternary nitrogens is 1. The molecule has 1 amide bonds. The van der Waals surface area contributed by atoms with Crippen molar-refractivity contribution < 1.29 is 32.9 Å². The van der Waals surface area contributed by atoms with Gasteiger partial charge in [-0.2, -0.15) is 0 Å². The lowest BCUT2D eigenvalue weighted by molar-refractivity contribution is -0.870. The van der Waals surface area contributed by atoms with Crippen LogP contribution in [0.25, 0.3) is 0 Å². The average Bonchev–Trinajstić information content (AvgIpc) is 3.06. The second-order valence-corrected chi connectivity index (χ2v) is 15.4. The minimum absolute atomic E-state index is 0.0546. The number of phosphoric acid groups is 1. The fraction of sp³-hybridized carbons (Fsp3) is 0.683. The van der Waals surface area contributed by atoms with Crippen LogP contribution < -0.4 is 5.32 Å². The van der Waals surface area contributed by atoms with E-state index in [1.165, 1.54) is 38.5 Å². The molecule has 0 aliphatic rings. The summed E-state index contributed by atoms with van der Waals surface area (Å²) in [4.78, 5) is 22.7. The molecule has 0 aromatic heterocycles. The summed E-state index contributed by atoms with van der Waals surface area (Å²) in [6.45, 7) is 4.44. The summed E-state index contributed by atoms with van der Waals surface area (Å²) in [7, 11) is 1.54. The Kier molecular flexibility index (Phi) is 31.5. The van der Waals surface area contributed by atoms with E-state index in [1.54, 1.807) is 6.08 Å². The Morgan fingerprint density at radius 3 is 1.72 bits per heavy atom. The molecule has 50 heavy (non-hydrogen) atoms. The van der Waals surface area contributed by atoms with Gasteiger partial charge < -0.3 is 19.8 Å². The number of rotatable bonds is 33. The van der Waals surface area contributed by atoms with Gasteiger partial charge in [0, 0.05) is 6.42 Å². The van der Waals surface area contributed by atoms with E-state index in [1.807, 2.05) is 34.1 Å². The fourth-order valence-corrected chi connectivity index (χ4v) is 5.57. The fourth-order valence-electron chi connectivity index (χ4n) is 4.84. The molecule has 3 unspecified atom stereocenters. The molecule has 0 aliphatic heterocycles. The number of hydrogen-bond acceptors (Lipinski definition) is 5. The summed E-state index contributed by atoms with van der Waals surface area (Å²) in [5, 5.41) is 13.4. The lowest BCUT2D eigenvalue weighted by Gasteiger charge is -2.25. The first kappa shape index (κ1) is 47.9. The van der Waals surface area contributed by atoms with Crippen LogP contribution in [0.15, 0.2) is 72.9 Å². The van der Waals surface area contributed by atoms with E-state index in [9.17, 15) is 19.4 Å². The van der Waals surface area contributed by atoms with Crippen LogP contribution in [0.5, 0.6) is 0 Å². The molecular weight excluding hydrogens is 647 g/mol. The van der Waals surface area contributed by atoms with Gasteiger partial charge in [-0.3, -0.25) is 13.8 Å². The maximum absolute atomic E-state index is 12.6. The van der Waals surface area contributed by atoms with Crippen molar-refractivity contribution in [2.24, 2.45) is 0 Å². The first-order valence-corrected chi connectivity index (χ1v) is 20.8. The van der Waals surface area contributed by atoms with Crippen LogP contribution in [0.3, 0.4) is 0 Å². The Morgan fingerprint density at radius 1 is 0.700 bits per heavy atom. The maximum atomic E-state index is 12.6. The number of hydrogen-bond donors (Lipinski definition) is 3. The van der Waals surface area contributed by atoms with Crippen molar-refractivity contribution in [1.82, 2.24) is 5.32 Å². The second kappa shape index (κ2) is 32.8. The first-order valence-electron chi connectivity index (χ1n) is 19.3. The molecule has 0 saturated carbocycles. The Bertz CT molecular complexity index is 1040. The van der Waals surface area contributed by atoms with Crippen LogP contribution in [-0.4, -0.2) is 73.4 Å². The highest BCUT2D eigenvalue weighted by Gasteiger charge is 2.27. The number of phosphoric ester groups is 1. The lowest BCUT2D eigenvalue weighted by atomic mass is 10.1. The number of unbranched alkanes of at least 4 members (excludes halogenated alkanes) is 10. The van der Waals surface area contributed by atoms with Crippen molar-refractivity contribution in [2.75, 3.05) is 40.9 Å². The van der Waals surface area contributed by atoms with E-state index >= 15 is 0 Å². The highest BCUT2D eigenvalue weighted by atomic mass is 31.2.